The Labute approximate surface area is 99.6 Å². The summed E-state index contributed by atoms with van der Waals surface area (Å²) in [4.78, 5) is 22.5. The van der Waals surface area contributed by atoms with E-state index in [0.29, 0.717) is 12.0 Å². The SMILES string of the molecule is NCC[C@H](NCC(=O)c1ccccc1)C(=O)O. The molecule has 5 nitrogen and oxygen atoms in total. The van der Waals surface area contributed by atoms with Crippen LogP contribution in [0, 0.1) is 0 Å². The van der Waals surface area contributed by atoms with Gasteiger partial charge in [0.15, 0.2) is 5.78 Å². The van der Waals surface area contributed by atoms with Crippen LogP contribution in [0.3, 0.4) is 0 Å². The number of benzene rings is 1. The maximum atomic E-state index is 11.7. The summed E-state index contributed by atoms with van der Waals surface area (Å²) in [6, 6.07) is 7.97. The third kappa shape index (κ3) is 4.34. The van der Waals surface area contributed by atoms with Crippen LogP contribution < -0.4 is 11.1 Å². The van der Waals surface area contributed by atoms with E-state index < -0.39 is 12.0 Å². The van der Waals surface area contributed by atoms with Crippen molar-refractivity contribution in [3.05, 3.63) is 35.9 Å². The van der Waals surface area contributed by atoms with Crippen LogP contribution in [0.4, 0.5) is 0 Å². The molecule has 0 aliphatic carbocycles. The number of nitrogens with two attached hydrogens (primary N) is 1. The van der Waals surface area contributed by atoms with Gasteiger partial charge in [-0.3, -0.25) is 14.9 Å². The molecule has 0 radical (unpaired) electrons. The summed E-state index contributed by atoms with van der Waals surface area (Å²) in [7, 11) is 0. The zero-order valence-electron chi connectivity index (χ0n) is 9.43. The predicted molar refractivity (Wildman–Crippen MR) is 63.9 cm³/mol. The molecule has 0 amide bonds. The van der Waals surface area contributed by atoms with Gasteiger partial charge < -0.3 is 10.8 Å². The van der Waals surface area contributed by atoms with Gasteiger partial charge in [0.2, 0.25) is 0 Å². The van der Waals surface area contributed by atoms with Crippen LogP contribution >= 0.6 is 0 Å². The van der Waals surface area contributed by atoms with E-state index in [4.69, 9.17) is 10.8 Å². The van der Waals surface area contributed by atoms with E-state index in [0.717, 1.165) is 0 Å². The van der Waals surface area contributed by atoms with E-state index in [-0.39, 0.29) is 18.9 Å². The minimum Gasteiger partial charge on any atom is -0.480 e. The van der Waals surface area contributed by atoms with Crippen molar-refractivity contribution in [1.29, 1.82) is 0 Å². The average Bonchev–Trinajstić information content (AvgIpc) is 2.34. The molecule has 92 valence electrons. The van der Waals surface area contributed by atoms with Crippen molar-refractivity contribution in [3.63, 3.8) is 0 Å². The Bertz CT molecular complexity index is 379. The lowest BCUT2D eigenvalue weighted by Gasteiger charge is -2.12. The first-order chi connectivity index (χ1) is 8.15. The topological polar surface area (TPSA) is 92.4 Å². The summed E-state index contributed by atoms with van der Waals surface area (Å²) in [5.41, 5.74) is 5.86. The summed E-state index contributed by atoms with van der Waals surface area (Å²) < 4.78 is 0. The molecular weight excluding hydrogens is 220 g/mol. The fourth-order valence-electron chi connectivity index (χ4n) is 1.42. The molecule has 1 aromatic rings. The second kappa shape index (κ2) is 6.78. The molecular formula is C12H16N2O3. The molecule has 4 N–H and O–H groups in total. The Morgan fingerprint density at radius 2 is 1.94 bits per heavy atom. The van der Waals surface area contributed by atoms with E-state index in [2.05, 4.69) is 5.32 Å². The Morgan fingerprint density at radius 1 is 1.29 bits per heavy atom. The van der Waals surface area contributed by atoms with Crippen molar-refractivity contribution in [2.45, 2.75) is 12.5 Å². The van der Waals surface area contributed by atoms with Gasteiger partial charge in [0, 0.05) is 5.56 Å². The molecule has 17 heavy (non-hydrogen) atoms. The summed E-state index contributed by atoms with van der Waals surface area (Å²) in [5, 5.41) is 11.5. The molecule has 5 heteroatoms. The van der Waals surface area contributed by atoms with Gasteiger partial charge in [-0.1, -0.05) is 30.3 Å². The lowest BCUT2D eigenvalue weighted by Crippen LogP contribution is -2.41. The smallest absolute Gasteiger partial charge is 0.320 e. The minimum absolute atomic E-state index is 0.000972. The van der Waals surface area contributed by atoms with Gasteiger partial charge in [-0.15, -0.1) is 0 Å². The normalized spacial score (nSPS) is 12.1. The molecule has 1 rings (SSSR count). The van der Waals surface area contributed by atoms with E-state index in [1.54, 1.807) is 24.3 Å². The van der Waals surface area contributed by atoms with Crippen LogP contribution in [0.2, 0.25) is 0 Å². The number of carbonyl (C=O) groups excluding carboxylic acids is 1. The number of ketones is 1. The number of aliphatic carboxylic acids is 1. The van der Waals surface area contributed by atoms with Gasteiger partial charge in [0.05, 0.1) is 6.54 Å². The van der Waals surface area contributed by atoms with Crippen LogP contribution in [-0.4, -0.2) is 36.0 Å². The van der Waals surface area contributed by atoms with Crippen molar-refractivity contribution in [2.75, 3.05) is 13.1 Å². The fourth-order valence-corrected chi connectivity index (χ4v) is 1.42. The van der Waals surface area contributed by atoms with Crippen LogP contribution in [0.25, 0.3) is 0 Å². The highest BCUT2D eigenvalue weighted by molar-refractivity contribution is 5.97. The molecule has 0 bridgehead atoms. The summed E-state index contributed by atoms with van der Waals surface area (Å²) >= 11 is 0. The van der Waals surface area contributed by atoms with Crippen molar-refractivity contribution in [2.24, 2.45) is 5.73 Å². The van der Waals surface area contributed by atoms with Gasteiger partial charge >= 0.3 is 5.97 Å². The maximum Gasteiger partial charge on any atom is 0.320 e. The summed E-state index contributed by atoms with van der Waals surface area (Å²) in [6.45, 7) is 0.268. The quantitative estimate of drug-likeness (QED) is 0.591. The number of nitrogens with one attached hydrogen (secondary N) is 1. The number of hydrogen-bond acceptors (Lipinski definition) is 4. The molecule has 0 aromatic heterocycles. The Hall–Kier alpha value is -1.72. The molecule has 0 aliphatic heterocycles. The molecule has 0 fully saturated rings. The van der Waals surface area contributed by atoms with E-state index in [1.807, 2.05) is 6.07 Å². The van der Waals surface area contributed by atoms with Crippen molar-refractivity contribution < 1.29 is 14.7 Å². The third-order valence-corrected chi connectivity index (χ3v) is 2.36. The highest BCUT2D eigenvalue weighted by Gasteiger charge is 2.17. The number of carbonyl (C=O) groups is 2. The molecule has 0 spiro atoms. The molecule has 0 saturated heterocycles. The second-order valence-corrected chi connectivity index (χ2v) is 3.64. The van der Waals surface area contributed by atoms with E-state index in [1.165, 1.54) is 0 Å². The molecule has 0 saturated carbocycles. The first-order valence-corrected chi connectivity index (χ1v) is 5.39. The van der Waals surface area contributed by atoms with Crippen molar-refractivity contribution in [1.82, 2.24) is 5.32 Å². The molecule has 1 atom stereocenters. The number of carboxylic acids is 1. The molecule has 0 heterocycles. The van der Waals surface area contributed by atoms with Gasteiger partial charge in [-0.05, 0) is 13.0 Å². The zero-order valence-corrected chi connectivity index (χ0v) is 9.43. The second-order valence-electron chi connectivity index (χ2n) is 3.64. The van der Waals surface area contributed by atoms with Crippen molar-refractivity contribution >= 4 is 11.8 Å². The van der Waals surface area contributed by atoms with Crippen LogP contribution in [0.1, 0.15) is 16.8 Å². The standard InChI is InChI=1S/C12H16N2O3/c13-7-6-10(12(16)17)14-8-11(15)9-4-2-1-3-5-9/h1-5,10,14H,6-8,13H2,(H,16,17)/t10-/m0/s1. The van der Waals surface area contributed by atoms with Gasteiger partial charge in [-0.25, -0.2) is 0 Å². The number of hydrogen-bond donors (Lipinski definition) is 3. The van der Waals surface area contributed by atoms with Crippen LogP contribution in [0.5, 0.6) is 0 Å². The van der Waals surface area contributed by atoms with Gasteiger partial charge in [0.25, 0.3) is 0 Å². The summed E-state index contributed by atoms with van der Waals surface area (Å²) in [5.74, 6) is -1.12. The third-order valence-electron chi connectivity index (χ3n) is 2.36. The summed E-state index contributed by atoms with van der Waals surface area (Å²) in [6.07, 6.45) is 0.303. The predicted octanol–water partition coefficient (Wildman–Crippen LogP) is 0.261. The fraction of sp³-hybridized carbons (Fsp3) is 0.333. The monoisotopic (exact) mass is 236 g/mol. The lowest BCUT2D eigenvalue weighted by molar-refractivity contribution is -0.139. The van der Waals surface area contributed by atoms with Gasteiger partial charge in [0.1, 0.15) is 6.04 Å². The van der Waals surface area contributed by atoms with Gasteiger partial charge in [-0.2, -0.15) is 0 Å². The Kier molecular flexibility index (Phi) is 5.32. The first-order valence-electron chi connectivity index (χ1n) is 5.39. The number of Topliss-reactive ketones (excluding diaryl/α,β-unsaturated/α-hetero) is 1. The average molecular weight is 236 g/mol. The number of rotatable bonds is 7. The number of carboxylic acid groups (broad SMARTS) is 1. The lowest BCUT2D eigenvalue weighted by atomic mass is 10.1. The van der Waals surface area contributed by atoms with Crippen molar-refractivity contribution in [3.8, 4) is 0 Å². The molecule has 0 aliphatic rings. The van der Waals surface area contributed by atoms with E-state index in [9.17, 15) is 9.59 Å². The molecule has 0 unspecified atom stereocenters. The Morgan fingerprint density at radius 3 is 2.47 bits per heavy atom. The first kappa shape index (κ1) is 13.3. The minimum atomic E-state index is -0.990. The highest BCUT2D eigenvalue weighted by Crippen LogP contribution is 1.99. The Balaban J connectivity index is 2.49. The van der Waals surface area contributed by atoms with Crippen LogP contribution in [0.15, 0.2) is 30.3 Å². The maximum absolute atomic E-state index is 11.7. The van der Waals surface area contributed by atoms with E-state index >= 15 is 0 Å². The highest BCUT2D eigenvalue weighted by atomic mass is 16.4. The largest absolute Gasteiger partial charge is 0.480 e. The van der Waals surface area contributed by atoms with Crippen LogP contribution in [-0.2, 0) is 4.79 Å². The molecule has 1 aromatic carbocycles. The zero-order chi connectivity index (χ0) is 12.7.